The van der Waals surface area contributed by atoms with Crippen LogP contribution in [0, 0.1) is 5.41 Å². The van der Waals surface area contributed by atoms with E-state index in [1.807, 2.05) is 42.5 Å². The molecule has 0 saturated heterocycles. The van der Waals surface area contributed by atoms with Crippen LogP contribution in [0.5, 0.6) is 5.75 Å². The molecule has 0 unspecified atom stereocenters. The summed E-state index contributed by atoms with van der Waals surface area (Å²) in [5, 5.41) is 14.5. The highest BCUT2D eigenvalue weighted by Gasteiger charge is 2.66. The molecular weight excluding hydrogens is 483 g/mol. The minimum Gasteiger partial charge on any atom is -0.484 e. The third kappa shape index (κ3) is 4.96. The van der Waals surface area contributed by atoms with Crippen molar-refractivity contribution >= 4 is 11.6 Å². The maximum Gasteiger partial charge on any atom is 0.459 e. The Morgan fingerprint density at radius 1 is 0.944 bits per heavy atom. The molecule has 0 spiro atoms. The minimum atomic E-state index is -5.92. The molecule has 2 aromatic rings. The molecule has 1 aliphatic heterocycles. The first kappa shape index (κ1) is 27.6. The molecule has 0 bridgehead atoms. The van der Waals surface area contributed by atoms with Crippen LogP contribution in [0.1, 0.15) is 52.2 Å². The standard InChI is InChI=1S/C26H29F5N2O3/c1-22(2,3)24(35)15-20(25(27,28)26(29,30)31)32-33(24)21(34)16-36-19-13-11-18(12-14-19)23(4,5)17-9-7-6-8-10-17/h6-14,35H,15-16H2,1-5H3/t24-/m1/s1. The second-order valence-corrected chi connectivity index (χ2v) is 10.4. The summed E-state index contributed by atoms with van der Waals surface area (Å²) in [5.74, 6) is -6.09. The molecule has 3 rings (SSSR count). The number of benzene rings is 2. The summed E-state index contributed by atoms with van der Waals surface area (Å²) < 4.78 is 72.2. The van der Waals surface area contributed by atoms with E-state index in [-0.39, 0.29) is 16.2 Å². The highest BCUT2D eigenvalue weighted by Crippen LogP contribution is 2.47. The highest BCUT2D eigenvalue weighted by atomic mass is 19.4. The lowest BCUT2D eigenvalue weighted by atomic mass is 9.78. The van der Waals surface area contributed by atoms with Crippen molar-refractivity contribution in [2.75, 3.05) is 6.61 Å². The van der Waals surface area contributed by atoms with E-state index in [1.54, 1.807) is 12.1 Å². The molecule has 1 amide bonds. The summed E-state index contributed by atoms with van der Waals surface area (Å²) in [6.07, 6.45) is -7.08. The Hall–Kier alpha value is -3.01. The van der Waals surface area contributed by atoms with Crippen molar-refractivity contribution in [1.29, 1.82) is 0 Å². The van der Waals surface area contributed by atoms with Gasteiger partial charge in [-0.2, -0.15) is 32.1 Å². The molecule has 1 aliphatic rings. The first-order chi connectivity index (χ1) is 16.4. The largest absolute Gasteiger partial charge is 0.484 e. The van der Waals surface area contributed by atoms with Crippen molar-refractivity contribution in [3.63, 3.8) is 0 Å². The fourth-order valence-electron chi connectivity index (χ4n) is 3.93. The lowest BCUT2D eigenvalue weighted by molar-refractivity contribution is -0.250. The van der Waals surface area contributed by atoms with Gasteiger partial charge in [0.2, 0.25) is 0 Å². The fourth-order valence-corrected chi connectivity index (χ4v) is 3.93. The zero-order chi connectivity index (χ0) is 27.2. The molecule has 1 N–H and O–H groups in total. The van der Waals surface area contributed by atoms with E-state index in [0.717, 1.165) is 11.1 Å². The summed E-state index contributed by atoms with van der Waals surface area (Å²) >= 11 is 0. The summed E-state index contributed by atoms with van der Waals surface area (Å²) in [6, 6.07) is 16.7. The molecule has 0 saturated carbocycles. The Balaban J connectivity index is 1.79. The molecule has 1 atom stereocenters. The van der Waals surface area contributed by atoms with Crippen LogP contribution in [0.4, 0.5) is 22.0 Å². The number of carbonyl (C=O) groups excluding carboxylic acids is 1. The van der Waals surface area contributed by atoms with Crippen LogP contribution in [0.2, 0.25) is 0 Å². The topological polar surface area (TPSA) is 62.1 Å². The molecular formula is C26H29F5N2O3. The number of aliphatic hydroxyl groups is 1. The zero-order valence-corrected chi connectivity index (χ0v) is 20.7. The smallest absolute Gasteiger partial charge is 0.459 e. The van der Waals surface area contributed by atoms with Gasteiger partial charge in [0.1, 0.15) is 11.5 Å². The van der Waals surface area contributed by atoms with E-state index in [2.05, 4.69) is 18.9 Å². The molecule has 36 heavy (non-hydrogen) atoms. The van der Waals surface area contributed by atoms with Gasteiger partial charge in [-0.25, -0.2) is 0 Å². The first-order valence-corrected chi connectivity index (χ1v) is 11.3. The summed E-state index contributed by atoms with van der Waals surface area (Å²) in [7, 11) is 0. The quantitative estimate of drug-likeness (QED) is 0.490. The molecule has 0 fully saturated rings. The second kappa shape index (κ2) is 9.14. The number of nitrogens with zero attached hydrogens (tertiary/aromatic N) is 2. The van der Waals surface area contributed by atoms with E-state index in [9.17, 15) is 31.9 Å². The number of amides is 1. The number of hydrogen-bond acceptors (Lipinski definition) is 4. The van der Waals surface area contributed by atoms with Crippen LogP contribution in [-0.4, -0.2) is 46.2 Å². The van der Waals surface area contributed by atoms with Gasteiger partial charge < -0.3 is 9.84 Å². The van der Waals surface area contributed by atoms with Crippen LogP contribution >= 0.6 is 0 Å². The van der Waals surface area contributed by atoms with E-state index in [1.165, 1.54) is 20.8 Å². The van der Waals surface area contributed by atoms with Crippen molar-refractivity contribution in [2.24, 2.45) is 10.5 Å². The van der Waals surface area contributed by atoms with Crippen molar-refractivity contribution in [2.45, 2.75) is 64.3 Å². The second-order valence-electron chi connectivity index (χ2n) is 10.4. The van der Waals surface area contributed by atoms with Crippen molar-refractivity contribution in [3.05, 3.63) is 65.7 Å². The number of halogens is 5. The van der Waals surface area contributed by atoms with Gasteiger partial charge >= 0.3 is 12.1 Å². The van der Waals surface area contributed by atoms with Crippen LogP contribution in [0.3, 0.4) is 0 Å². The number of alkyl halides is 5. The average molecular weight is 513 g/mol. The van der Waals surface area contributed by atoms with Gasteiger partial charge in [-0.15, -0.1) is 0 Å². The Kier molecular flexibility index (Phi) is 7.00. The Labute approximate surface area is 206 Å². The Morgan fingerprint density at radius 2 is 1.47 bits per heavy atom. The number of ether oxygens (including phenoxy) is 1. The predicted octanol–water partition coefficient (Wildman–Crippen LogP) is 5.91. The Morgan fingerprint density at radius 3 is 1.97 bits per heavy atom. The van der Waals surface area contributed by atoms with Gasteiger partial charge in [-0.3, -0.25) is 4.79 Å². The van der Waals surface area contributed by atoms with Gasteiger partial charge in [0.05, 0.1) is 0 Å². The van der Waals surface area contributed by atoms with Gasteiger partial charge in [0, 0.05) is 17.3 Å². The Bertz CT molecular complexity index is 1120. The summed E-state index contributed by atoms with van der Waals surface area (Å²) in [5.41, 5.74) is -3.58. The van der Waals surface area contributed by atoms with Gasteiger partial charge in [0.25, 0.3) is 5.91 Å². The highest BCUT2D eigenvalue weighted by molar-refractivity contribution is 5.96. The van der Waals surface area contributed by atoms with Crippen LogP contribution in [0.15, 0.2) is 59.7 Å². The molecule has 0 aromatic heterocycles. The average Bonchev–Trinajstić information content (AvgIpc) is 3.17. The number of rotatable bonds is 6. The van der Waals surface area contributed by atoms with Crippen molar-refractivity contribution in [1.82, 2.24) is 5.01 Å². The monoisotopic (exact) mass is 512 g/mol. The van der Waals surface area contributed by atoms with E-state index in [4.69, 9.17) is 4.74 Å². The van der Waals surface area contributed by atoms with Gasteiger partial charge in [-0.1, -0.05) is 77.1 Å². The predicted molar refractivity (Wildman–Crippen MR) is 125 cm³/mol. The number of hydrazone groups is 1. The lowest BCUT2D eigenvalue weighted by Crippen LogP contribution is -2.56. The normalized spacial score (nSPS) is 19.3. The first-order valence-electron chi connectivity index (χ1n) is 11.3. The molecule has 0 aliphatic carbocycles. The van der Waals surface area contributed by atoms with Crippen LogP contribution in [0.25, 0.3) is 0 Å². The lowest BCUT2D eigenvalue weighted by Gasteiger charge is -2.41. The van der Waals surface area contributed by atoms with E-state index < -0.39 is 47.9 Å². The summed E-state index contributed by atoms with van der Waals surface area (Å²) in [6.45, 7) is 7.60. The maximum absolute atomic E-state index is 14.0. The third-order valence-electron chi connectivity index (χ3n) is 6.57. The fraction of sp³-hybridized carbons (Fsp3) is 0.462. The molecule has 5 nitrogen and oxygen atoms in total. The maximum atomic E-state index is 14.0. The minimum absolute atomic E-state index is 0.277. The van der Waals surface area contributed by atoms with Gasteiger partial charge in [0.15, 0.2) is 12.3 Å². The zero-order valence-electron chi connectivity index (χ0n) is 20.7. The number of hydrogen-bond donors (Lipinski definition) is 1. The number of carbonyl (C=O) groups is 1. The van der Waals surface area contributed by atoms with E-state index >= 15 is 0 Å². The molecule has 2 aromatic carbocycles. The third-order valence-corrected chi connectivity index (χ3v) is 6.57. The SMILES string of the molecule is CC(C)(c1ccccc1)c1ccc(OCC(=O)N2N=C(C(F)(F)C(F)(F)F)C[C@@]2(O)C(C)(C)C)cc1. The molecule has 0 radical (unpaired) electrons. The molecule has 10 heteroatoms. The van der Waals surface area contributed by atoms with E-state index in [0.29, 0.717) is 0 Å². The van der Waals surface area contributed by atoms with Gasteiger partial charge in [-0.05, 0) is 23.3 Å². The van der Waals surface area contributed by atoms with Crippen molar-refractivity contribution in [3.8, 4) is 5.75 Å². The molecule has 1 heterocycles. The van der Waals surface area contributed by atoms with Crippen LogP contribution in [-0.2, 0) is 10.2 Å². The van der Waals surface area contributed by atoms with Crippen LogP contribution < -0.4 is 4.74 Å². The van der Waals surface area contributed by atoms with Crippen molar-refractivity contribution < 1.29 is 36.6 Å². The summed E-state index contributed by atoms with van der Waals surface area (Å²) in [4.78, 5) is 12.8. The molecule has 196 valence electrons.